The van der Waals surface area contributed by atoms with E-state index >= 15 is 0 Å². The SMILES string of the molecule is CSC1(Cn2c(=O)[nH]cc(C(C)=O)c2=O)CCCC1. The number of ketones is 1. The van der Waals surface area contributed by atoms with Crippen LogP contribution in [0, 0.1) is 0 Å². The molecule has 1 heterocycles. The van der Waals surface area contributed by atoms with Gasteiger partial charge < -0.3 is 4.98 Å². The Balaban J connectivity index is 2.45. The average molecular weight is 282 g/mol. The Morgan fingerprint density at radius 1 is 1.42 bits per heavy atom. The number of thioether (sulfide) groups is 1. The number of nitrogens with zero attached hydrogens (tertiary/aromatic N) is 1. The summed E-state index contributed by atoms with van der Waals surface area (Å²) < 4.78 is 1.13. The Hall–Kier alpha value is -1.30. The molecule has 104 valence electrons. The van der Waals surface area contributed by atoms with Crippen molar-refractivity contribution in [2.24, 2.45) is 0 Å². The van der Waals surface area contributed by atoms with E-state index in [2.05, 4.69) is 4.98 Å². The fourth-order valence-electron chi connectivity index (χ4n) is 2.64. The van der Waals surface area contributed by atoms with Crippen LogP contribution in [0.3, 0.4) is 0 Å². The topological polar surface area (TPSA) is 71.9 Å². The predicted molar refractivity (Wildman–Crippen MR) is 76.0 cm³/mol. The van der Waals surface area contributed by atoms with Crippen molar-refractivity contribution >= 4 is 17.5 Å². The fourth-order valence-corrected chi connectivity index (χ4v) is 3.60. The summed E-state index contributed by atoms with van der Waals surface area (Å²) in [5.74, 6) is -0.320. The molecule has 2 rings (SSSR count). The molecule has 0 radical (unpaired) electrons. The molecule has 1 aromatic rings. The molecule has 0 saturated heterocycles. The third-order valence-electron chi connectivity index (χ3n) is 3.83. The van der Waals surface area contributed by atoms with Crippen molar-refractivity contribution in [1.29, 1.82) is 0 Å². The van der Waals surface area contributed by atoms with Gasteiger partial charge in [0.05, 0.1) is 5.56 Å². The number of aromatic amines is 1. The van der Waals surface area contributed by atoms with E-state index in [9.17, 15) is 14.4 Å². The highest BCUT2D eigenvalue weighted by molar-refractivity contribution is 8.00. The lowest BCUT2D eigenvalue weighted by Gasteiger charge is -2.27. The molecule has 1 N–H and O–H groups in total. The van der Waals surface area contributed by atoms with Gasteiger partial charge in [-0.15, -0.1) is 0 Å². The number of hydrogen-bond acceptors (Lipinski definition) is 4. The summed E-state index contributed by atoms with van der Waals surface area (Å²) in [6.45, 7) is 1.71. The Bertz CT molecular complexity index is 597. The fraction of sp³-hybridized carbons (Fsp3) is 0.615. The minimum absolute atomic E-state index is 0.0494. The van der Waals surface area contributed by atoms with Gasteiger partial charge in [0, 0.05) is 17.5 Å². The summed E-state index contributed by atoms with van der Waals surface area (Å²) in [5, 5.41) is 0. The van der Waals surface area contributed by atoms with Crippen molar-refractivity contribution in [3.8, 4) is 0 Å². The molecule has 0 spiro atoms. The first-order valence-corrected chi connectivity index (χ1v) is 7.60. The Kier molecular flexibility index (Phi) is 3.99. The second-order valence-electron chi connectivity index (χ2n) is 5.05. The van der Waals surface area contributed by atoms with Crippen LogP contribution in [0.15, 0.2) is 15.8 Å². The van der Waals surface area contributed by atoms with E-state index < -0.39 is 11.2 Å². The van der Waals surface area contributed by atoms with Crippen LogP contribution in [0.4, 0.5) is 0 Å². The highest BCUT2D eigenvalue weighted by Crippen LogP contribution is 2.40. The molecule has 5 nitrogen and oxygen atoms in total. The number of rotatable bonds is 4. The van der Waals surface area contributed by atoms with Gasteiger partial charge in [-0.05, 0) is 26.0 Å². The van der Waals surface area contributed by atoms with Crippen LogP contribution in [0.25, 0.3) is 0 Å². The van der Waals surface area contributed by atoms with Gasteiger partial charge in [-0.25, -0.2) is 4.79 Å². The van der Waals surface area contributed by atoms with Gasteiger partial charge in [-0.1, -0.05) is 12.8 Å². The molecule has 1 aromatic heterocycles. The van der Waals surface area contributed by atoms with Gasteiger partial charge in [0.1, 0.15) is 0 Å². The summed E-state index contributed by atoms with van der Waals surface area (Å²) in [6, 6.07) is 0. The van der Waals surface area contributed by atoms with Gasteiger partial charge in [0.15, 0.2) is 5.78 Å². The zero-order chi connectivity index (χ0) is 14.0. The van der Waals surface area contributed by atoms with Crippen LogP contribution in [0.1, 0.15) is 43.0 Å². The number of Topliss-reactive ketones (excluding diaryl/α,β-unsaturated/α-hetero) is 1. The maximum absolute atomic E-state index is 12.2. The molecule has 0 aliphatic heterocycles. The molecule has 1 saturated carbocycles. The molecule has 0 aromatic carbocycles. The Morgan fingerprint density at radius 2 is 2.05 bits per heavy atom. The first kappa shape index (κ1) is 14.1. The number of carbonyl (C=O) groups excluding carboxylic acids is 1. The second kappa shape index (κ2) is 5.36. The van der Waals surface area contributed by atoms with E-state index in [-0.39, 0.29) is 16.1 Å². The lowest BCUT2D eigenvalue weighted by molar-refractivity contribution is 0.101. The van der Waals surface area contributed by atoms with Crippen molar-refractivity contribution in [1.82, 2.24) is 9.55 Å². The van der Waals surface area contributed by atoms with Crippen LogP contribution in [0.5, 0.6) is 0 Å². The number of H-pyrrole nitrogens is 1. The summed E-state index contributed by atoms with van der Waals surface area (Å²) in [6.07, 6.45) is 7.48. The summed E-state index contributed by atoms with van der Waals surface area (Å²) in [4.78, 5) is 37.9. The molecule has 1 aliphatic rings. The maximum Gasteiger partial charge on any atom is 0.328 e. The lowest BCUT2D eigenvalue weighted by Crippen LogP contribution is -2.43. The lowest BCUT2D eigenvalue weighted by atomic mass is 10.1. The first-order valence-electron chi connectivity index (χ1n) is 6.38. The van der Waals surface area contributed by atoms with Crippen LogP contribution < -0.4 is 11.2 Å². The number of carbonyl (C=O) groups is 1. The van der Waals surface area contributed by atoms with Gasteiger partial charge in [0.2, 0.25) is 0 Å². The average Bonchev–Trinajstić information content (AvgIpc) is 2.83. The van der Waals surface area contributed by atoms with Gasteiger partial charge >= 0.3 is 5.69 Å². The monoisotopic (exact) mass is 282 g/mol. The van der Waals surface area contributed by atoms with Crippen molar-refractivity contribution in [2.45, 2.75) is 43.9 Å². The first-order chi connectivity index (χ1) is 8.99. The maximum atomic E-state index is 12.2. The summed E-state index contributed by atoms with van der Waals surface area (Å²) >= 11 is 1.71. The Morgan fingerprint density at radius 3 is 2.58 bits per heavy atom. The summed E-state index contributed by atoms with van der Waals surface area (Å²) in [5.41, 5.74) is -0.860. The van der Waals surface area contributed by atoms with Crippen LogP contribution in [-0.4, -0.2) is 26.3 Å². The zero-order valence-corrected chi connectivity index (χ0v) is 12.0. The molecule has 0 amide bonds. The van der Waals surface area contributed by atoms with E-state index in [1.807, 2.05) is 6.26 Å². The largest absolute Gasteiger partial charge is 0.328 e. The highest BCUT2D eigenvalue weighted by Gasteiger charge is 2.34. The highest BCUT2D eigenvalue weighted by atomic mass is 32.2. The van der Waals surface area contributed by atoms with Gasteiger partial charge in [-0.3, -0.25) is 14.2 Å². The molecule has 0 bridgehead atoms. The van der Waals surface area contributed by atoms with E-state index in [0.29, 0.717) is 6.54 Å². The Labute approximate surface area is 115 Å². The third kappa shape index (κ3) is 2.68. The number of hydrogen-bond donors (Lipinski definition) is 1. The molecular weight excluding hydrogens is 264 g/mol. The van der Waals surface area contributed by atoms with E-state index in [4.69, 9.17) is 0 Å². The van der Waals surface area contributed by atoms with Gasteiger partial charge in [-0.2, -0.15) is 11.8 Å². The number of nitrogens with one attached hydrogen (secondary N) is 1. The van der Waals surface area contributed by atoms with E-state index in [0.717, 1.165) is 25.7 Å². The molecule has 0 atom stereocenters. The number of aromatic nitrogens is 2. The molecular formula is C13H18N2O3S. The van der Waals surface area contributed by atoms with Crippen molar-refractivity contribution in [3.63, 3.8) is 0 Å². The summed E-state index contributed by atoms with van der Waals surface area (Å²) in [7, 11) is 0. The smallest absolute Gasteiger partial charge is 0.313 e. The zero-order valence-electron chi connectivity index (χ0n) is 11.2. The van der Waals surface area contributed by atoms with Crippen molar-refractivity contribution < 1.29 is 4.79 Å². The van der Waals surface area contributed by atoms with Crippen LogP contribution in [0.2, 0.25) is 0 Å². The molecule has 0 unspecified atom stereocenters. The van der Waals surface area contributed by atoms with Crippen molar-refractivity contribution in [2.75, 3.05) is 6.26 Å². The van der Waals surface area contributed by atoms with Crippen LogP contribution in [-0.2, 0) is 6.54 Å². The third-order valence-corrected chi connectivity index (χ3v) is 5.24. The molecule has 6 heteroatoms. The minimum atomic E-state index is -0.475. The molecule has 1 fully saturated rings. The predicted octanol–water partition coefficient (Wildman–Crippen LogP) is 1.42. The van der Waals surface area contributed by atoms with Crippen LogP contribution >= 0.6 is 11.8 Å². The standard InChI is InChI=1S/C13H18N2O3S/c1-9(16)10-7-14-12(18)15(11(10)17)8-13(19-2)5-3-4-6-13/h7H,3-6,8H2,1-2H3,(H,14,18). The molecule has 19 heavy (non-hydrogen) atoms. The van der Waals surface area contributed by atoms with E-state index in [1.165, 1.54) is 17.7 Å². The van der Waals surface area contributed by atoms with Gasteiger partial charge in [0.25, 0.3) is 5.56 Å². The normalized spacial score (nSPS) is 17.6. The second-order valence-corrected chi connectivity index (χ2v) is 6.32. The minimum Gasteiger partial charge on any atom is -0.313 e. The van der Waals surface area contributed by atoms with Crippen molar-refractivity contribution in [3.05, 3.63) is 32.6 Å². The van der Waals surface area contributed by atoms with E-state index in [1.54, 1.807) is 11.8 Å². The quantitative estimate of drug-likeness (QED) is 0.848. The molecule has 1 aliphatic carbocycles.